The first-order valence-corrected chi connectivity index (χ1v) is 10.2. The normalized spacial score (nSPS) is 15.5. The molecule has 1 saturated carbocycles. The molecule has 28 heavy (non-hydrogen) atoms. The lowest BCUT2D eigenvalue weighted by atomic mass is 9.95. The van der Waals surface area contributed by atoms with Crippen LogP contribution in [0.5, 0.6) is 0 Å². The topological polar surface area (TPSA) is 52.2 Å². The van der Waals surface area contributed by atoms with Crippen LogP contribution in [0, 0.1) is 0 Å². The molecule has 5 nitrogen and oxygen atoms in total. The highest BCUT2D eigenvalue weighted by Gasteiger charge is 2.20. The predicted octanol–water partition coefficient (Wildman–Crippen LogP) is 4.78. The minimum Gasteiger partial charge on any atom is -0.312 e. The molecule has 1 aliphatic carbocycles. The van der Waals surface area contributed by atoms with E-state index in [0.29, 0.717) is 11.4 Å². The SMILES string of the molecule is CCc1nn2c(ncc3c(=O)n(C4CCCCC4)ccc32)c1-c1ccccc1. The van der Waals surface area contributed by atoms with Crippen LogP contribution < -0.4 is 5.56 Å². The number of hydrogen-bond acceptors (Lipinski definition) is 3. The van der Waals surface area contributed by atoms with E-state index in [1.165, 1.54) is 19.3 Å². The first kappa shape index (κ1) is 17.2. The molecule has 3 aromatic heterocycles. The van der Waals surface area contributed by atoms with Crippen molar-refractivity contribution in [3.8, 4) is 11.1 Å². The highest BCUT2D eigenvalue weighted by atomic mass is 16.1. The van der Waals surface area contributed by atoms with Crippen LogP contribution in [-0.4, -0.2) is 19.2 Å². The Morgan fingerprint density at radius 2 is 1.86 bits per heavy atom. The van der Waals surface area contributed by atoms with Crippen molar-refractivity contribution in [3.63, 3.8) is 0 Å². The van der Waals surface area contributed by atoms with Gasteiger partial charge in [0, 0.05) is 24.0 Å². The van der Waals surface area contributed by atoms with Crippen LogP contribution >= 0.6 is 0 Å². The number of benzene rings is 1. The van der Waals surface area contributed by atoms with Crippen LogP contribution in [0.25, 0.3) is 27.7 Å². The zero-order valence-electron chi connectivity index (χ0n) is 16.1. The van der Waals surface area contributed by atoms with Crippen LogP contribution in [0.1, 0.15) is 50.8 Å². The maximum atomic E-state index is 13.2. The molecule has 0 atom stereocenters. The van der Waals surface area contributed by atoms with Crippen molar-refractivity contribution in [1.82, 2.24) is 19.2 Å². The zero-order chi connectivity index (χ0) is 19.1. The molecule has 0 unspecified atom stereocenters. The Morgan fingerprint density at radius 1 is 1.07 bits per heavy atom. The third-order valence-corrected chi connectivity index (χ3v) is 5.98. The molecule has 0 aliphatic heterocycles. The van der Waals surface area contributed by atoms with Gasteiger partial charge in [-0.2, -0.15) is 5.10 Å². The molecular formula is C23H24N4O. The van der Waals surface area contributed by atoms with Crippen molar-refractivity contribution in [1.29, 1.82) is 0 Å². The fourth-order valence-corrected chi connectivity index (χ4v) is 4.52. The van der Waals surface area contributed by atoms with Crippen LogP contribution in [-0.2, 0) is 6.42 Å². The summed E-state index contributed by atoms with van der Waals surface area (Å²) in [6, 6.07) is 12.6. The first-order chi connectivity index (χ1) is 13.8. The van der Waals surface area contributed by atoms with E-state index in [1.54, 1.807) is 6.20 Å². The number of pyridine rings is 1. The molecule has 0 bridgehead atoms. The Labute approximate surface area is 163 Å². The van der Waals surface area contributed by atoms with E-state index in [9.17, 15) is 4.79 Å². The molecule has 142 valence electrons. The Kier molecular flexibility index (Phi) is 4.23. The zero-order valence-corrected chi connectivity index (χ0v) is 16.1. The molecular weight excluding hydrogens is 348 g/mol. The minimum atomic E-state index is 0.0496. The van der Waals surface area contributed by atoms with Crippen LogP contribution in [0.2, 0.25) is 0 Å². The number of nitrogens with zero attached hydrogens (tertiary/aromatic N) is 4. The molecule has 5 rings (SSSR count). The van der Waals surface area contributed by atoms with Gasteiger partial charge < -0.3 is 4.57 Å². The van der Waals surface area contributed by atoms with Gasteiger partial charge in [0.25, 0.3) is 5.56 Å². The Morgan fingerprint density at radius 3 is 2.61 bits per heavy atom. The van der Waals surface area contributed by atoms with E-state index < -0.39 is 0 Å². The van der Waals surface area contributed by atoms with E-state index in [-0.39, 0.29) is 5.56 Å². The van der Waals surface area contributed by atoms with E-state index in [1.807, 2.05) is 39.5 Å². The molecule has 0 spiro atoms. The van der Waals surface area contributed by atoms with Gasteiger partial charge in [-0.15, -0.1) is 0 Å². The number of rotatable bonds is 3. The summed E-state index contributed by atoms with van der Waals surface area (Å²) in [4.78, 5) is 17.9. The second-order valence-corrected chi connectivity index (χ2v) is 7.65. The number of aryl methyl sites for hydroxylation is 1. The lowest BCUT2D eigenvalue weighted by Crippen LogP contribution is -2.26. The van der Waals surface area contributed by atoms with E-state index in [4.69, 9.17) is 5.10 Å². The largest absolute Gasteiger partial charge is 0.312 e. The monoisotopic (exact) mass is 372 g/mol. The molecule has 5 heteroatoms. The molecule has 1 aliphatic rings. The summed E-state index contributed by atoms with van der Waals surface area (Å²) in [7, 11) is 0. The van der Waals surface area contributed by atoms with E-state index >= 15 is 0 Å². The molecule has 0 radical (unpaired) electrons. The third-order valence-electron chi connectivity index (χ3n) is 5.98. The highest BCUT2D eigenvalue weighted by Crippen LogP contribution is 2.30. The van der Waals surface area contributed by atoms with Gasteiger partial charge in [0.2, 0.25) is 0 Å². The highest BCUT2D eigenvalue weighted by molar-refractivity contribution is 5.86. The Balaban J connectivity index is 1.74. The maximum Gasteiger partial charge on any atom is 0.261 e. The average molecular weight is 372 g/mol. The number of fused-ring (bicyclic) bond motifs is 3. The van der Waals surface area contributed by atoms with Gasteiger partial charge in [0.1, 0.15) is 0 Å². The molecule has 1 fully saturated rings. The van der Waals surface area contributed by atoms with E-state index in [0.717, 1.165) is 47.2 Å². The second kappa shape index (κ2) is 6.89. The standard InChI is InChI=1S/C23H24N4O/c1-2-19-21(16-9-5-3-6-10-16)22-24-15-18-20(27(22)25-19)13-14-26(23(18)28)17-11-7-4-8-12-17/h3,5-6,9-10,13-15,17H,2,4,7-8,11-12H2,1H3. The van der Waals surface area contributed by atoms with Gasteiger partial charge in [0.15, 0.2) is 5.65 Å². The summed E-state index contributed by atoms with van der Waals surface area (Å²) in [5, 5.41) is 5.47. The summed E-state index contributed by atoms with van der Waals surface area (Å²) < 4.78 is 3.76. The van der Waals surface area contributed by atoms with Crippen molar-refractivity contribution in [3.05, 3.63) is 64.8 Å². The van der Waals surface area contributed by atoms with Gasteiger partial charge in [-0.3, -0.25) is 4.79 Å². The second-order valence-electron chi connectivity index (χ2n) is 7.65. The smallest absolute Gasteiger partial charge is 0.261 e. The van der Waals surface area contributed by atoms with Gasteiger partial charge in [-0.25, -0.2) is 9.50 Å². The van der Waals surface area contributed by atoms with Crippen molar-refractivity contribution >= 4 is 16.6 Å². The van der Waals surface area contributed by atoms with Gasteiger partial charge in [-0.1, -0.05) is 56.5 Å². The fraction of sp³-hybridized carbons (Fsp3) is 0.348. The number of hydrogen-bond donors (Lipinski definition) is 0. The molecule has 3 heterocycles. The minimum absolute atomic E-state index is 0.0496. The Bertz CT molecular complexity index is 1200. The van der Waals surface area contributed by atoms with E-state index in [2.05, 4.69) is 24.0 Å². The quantitative estimate of drug-likeness (QED) is 0.520. The summed E-state index contributed by atoms with van der Waals surface area (Å²) in [6.45, 7) is 2.10. The van der Waals surface area contributed by atoms with Crippen molar-refractivity contribution in [2.75, 3.05) is 0 Å². The van der Waals surface area contributed by atoms with Gasteiger partial charge in [-0.05, 0) is 30.9 Å². The maximum absolute atomic E-state index is 13.2. The average Bonchev–Trinajstić information content (AvgIpc) is 3.14. The number of aromatic nitrogens is 4. The van der Waals surface area contributed by atoms with Crippen molar-refractivity contribution < 1.29 is 0 Å². The molecule has 1 aromatic carbocycles. The summed E-state index contributed by atoms with van der Waals surface area (Å²) in [5.41, 5.74) is 4.86. The predicted molar refractivity (Wildman–Crippen MR) is 112 cm³/mol. The summed E-state index contributed by atoms with van der Waals surface area (Å²) in [5.74, 6) is 0. The van der Waals surface area contributed by atoms with Crippen LogP contribution in [0.15, 0.2) is 53.6 Å². The lowest BCUT2D eigenvalue weighted by Gasteiger charge is -2.24. The van der Waals surface area contributed by atoms with Gasteiger partial charge >= 0.3 is 0 Å². The lowest BCUT2D eigenvalue weighted by molar-refractivity contribution is 0.347. The van der Waals surface area contributed by atoms with Crippen molar-refractivity contribution in [2.24, 2.45) is 0 Å². The van der Waals surface area contributed by atoms with Gasteiger partial charge in [0.05, 0.1) is 16.6 Å². The molecule has 0 N–H and O–H groups in total. The van der Waals surface area contributed by atoms with Crippen molar-refractivity contribution in [2.45, 2.75) is 51.5 Å². The van der Waals surface area contributed by atoms with Crippen LogP contribution in [0.3, 0.4) is 0 Å². The Hall–Kier alpha value is -2.95. The van der Waals surface area contributed by atoms with Crippen LogP contribution in [0.4, 0.5) is 0 Å². The first-order valence-electron chi connectivity index (χ1n) is 10.2. The third kappa shape index (κ3) is 2.65. The summed E-state index contributed by atoms with van der Waals surface area (Å²) >= 11 is 0. The molecule has 0 saturated heterocycles. The fourth-order valence-electron chi connectivity index (χ4n) is 4.52. The molecule has 0 amide bonds. The molecule has 4 aromatic rings. The summed E-state index contributed by atoms with van der Waals surface area (Å²) in [6.07, 6.45) is 10.3.